The summed E-state index contributed by atoms with van der Waals surface area (Å²) in [6, 6.07) is 3.34. The molecule has 2 N–H and O–H groups in total. The summed E-state index contributed by atoms with van der Waals surface area (Å²) in [6.45, 7) is 5.80. The van der Waals surface area contributed by atoms with Gasteiger partial charge in [0.15, 0.2) is 5.69 Å². The maximum Gasteiger partial charge on any atom is 0.278 e. The lowest BCUT2D eigenvalue weighted by molar-refractivity contribution is 0.102. The molecule has 3 rings (SSSR count). The zero-order valence-electron chi connectivity index (χ0n) is 12.9. The monoisotopic (exact) mass is 301 g/mol. The van der Waals surface area contributed by atoms with E-state index in [0.29, 0.717) is 11.6 Å². The molecule has 7 heteroatoms. The number of H-pyrrole nitrogens is 1. The molecule has 1 fully saturated rings. The second-order valence-electron chi connectivity index (χ2n) is 6.55. The Balaban J connectivity index is 1.89. The molecule has 2 heterocycles. The molecule has 1 aliphatic rings. The molecule has 7 nitrogen and oxygen atoms in total. The Morgan fingerprint density at radius 3 is 2.73 bits per heavy atom. The van der Waals surface area contributed by atoms with Crippen LogP contribution in [0.1, 0.15) is 55.7 Å². The van der Waals surface area contributed by atoms with Gasteiger partial charge in [0.25, 0.3) is 11.5 Å². The fourth-order valence-corrected chi connectivity index (χ4v) is 2.35. The minimum absolute atomic E-state index is 0.236. The Morgan fingerprint density at radius 2 is 2.09 bits per heavy atom. The largest absolute Gasteiger partial charge is 0.316 e. The summed E-state index contributed by atoms with van der Waals surface area (Å²) >= 11 is 0. The molecular weight excluding hydrogens is 282 g/mol. The van der Waals surface area contributed by atoms with Crippen molar-refractivity contribution >= 4 is 11.6 Å². The van der Waals surface area contributed by atoms with Crippen molar-refractivity contribution in [3.63, 3.8) is 0 Å². The molecule has 1 saturated carbocycles. The standard InChI is InChI=1S/C15H19N5O2/c1-15(2,3)20-8-4-5-10(14(20)22)16-13(21)12-11(9-6-7-9)17-19-18-12/h4-5,8-9H,6-7H2,1-3H3,(H,16,21)(H,17,18,19). The van der Waals surface area contributed by atoms with Gasteiger partial charge in [0.2, 0.25) is 0 Å². The van der Waals surface area contributed by atoms with E-state index in [1.807, 2.05) is 20.8 Å². The number of carbonyl (C=O) groups excluding carboxylic acids is 1. The van der Waals surface area contributed by atoms with Crippen LogP contribution < -0.4 is 10.9 Å². The Kier molecular flexibility index (Phi) is 3.35. The van der Waals surface area contributed by atoms with E-state index in [4.69, 9.17) is 0 Å². The fraction of sp³-hybridized carbons (Fsp3) is 0.467. The number of pyridine rings is 1. The maximum absolute atomic E-state index is 12.5. The van der Waals surface area contributed by atoms with Crippen molar-refractivity contribution in [1.82, 2.24) is 20.0 Å². The van der Waals surface area contributed by atoms with Gasteiger partial charge in [-0.2, -0.15) is 15.4 Å². The fourth-order valence-electron chi connectivity index (χ4n) is 2.35. The van der Waals surface area contributed by atoms with Crippen molar-refractivity contribution in [2.75, 3.05) is 5.32 Å². The first-order valence-corrected chi connectivity index (χ1v) is 7.32. The first kappa shape index (κ1) is 14.5. The quantitative estimate of drug-likeness (QED) is 0.905. The maximum atomic E-state index is 12.5. The Bertz CT molecular complexity index is 765. The van der Waals surface area contributed by atoms with Gasteiger partial charge in [-0.25, -0.2) is 0 Å². The van der Waals surface area contributed by atoms with Gasteiger partial charge < -0.3 is 9.88 Å². The van der Waals surface area contributed by atoms with Crippen molar-refractivity contribution in [2.45, 2.75) is 45.1 Å². The first-order chi connectivity index (χ1) is 10.4. The minimum atomic E-state index is -0.403. The van der Waals surface area contributed by atoms with Crippen molar-refractivity contribution < 1.29 is 4.79 Å². The molecule has 116 valence electrons. The SMILES string of the molecule is CC(C)(C)n1cccc(NC(=O)c2n[nH]nc2C2CC2)c1=O. The lowest BCUT2D eigenvalue weighted by Gasteiger charge is -2.22. The third-order valence-electron chi connectivity index (χ3n) is 3.67. The van der Waals surface area contributed by atoms with Crippen LogP contribution in [0.2, 0.25) is 0 Å². The summed E-state index contributed by atoms with van der Waals surface area (Å²) in [4.78, 5) is 24.8. The van der Waals surface area contributed by atoms with Crippen molar-refractivity contribution in [2.24, 2.45) is 0 Å². The van der Waals surface area contributed by atoms with Gasteiger partial charge in [0.1, 0.15) is 5.69 Å². The van der Waals surface area contributed by atoms with Crippen LogP contribution in [-0.2, 0) is 5.54 Å². The van der Waals surface area contributed by atoms with E-state index in [1.165, 1.54) is 0 Å². The summed E-state index contributed by atoms with van der Waals surface area (Å²) in [6.07, 6.45) is 3.76. The lowest BCUT2D eigenvalue weighted by Crippen LogP contribution is -2.35. The molecule has 0 aliphatic heterocycles. The molecule has 2 aromatic rings. The topological polar surface area (TPSA) is 92.7 Å². The highest BCUT2D eigenvalue weighted by Gasteiger charge is 2.32. The number of hydrogen-bond acceptors (Lipinski definition) is 4. The molecule has 22 heavy (non-hydrogen) atoms. The smallest absolute Gasteiger partial charge is 0.278 e. The minimum Gasteiger partial charge on any atom is -0.316 e. The van der Waals surface area contributed by atoms with Crippen molar-refractivity contribution in [1.29, 1.82) is 0 Å². The van der Waals surface area contributed by atoms with Crippen LogP contribution in [0.5, 0.6) is 0 Å². The lowest BCUT2D eigenvalue weighted by atomic mass is 10.1. The number of nitrogens with zero attached hydrogens (tertiary/aromatic N) is 3. The van der Waals surface area contributed by atoms with Gasteiger partial charge in [0.05, 0.1) is 5.69 Å². The zero-order chi connectivity index (χ0) is 15.9. The molecule has 0 atom stereocenters. The zero-order valence-corrected chi connectivity index (χ0v) is 12.9. The predicted molar refractivity (Wildman–Crippen MR) is 82.0 cm³/mol. The van der Waals surface area contributed by atoms with E-state index in [2.05, 4.69) is 20.7 Å². The molecule has 2 aromatic heterocycles. The number of anilines is 1. The Morgan fingerprint density at radius 1 is 1.36 bits per heavy atom. The van der Waals surface area contributed by atoms with E-state index in [1.54, 1.807) is 22.9 Å². The molecule has 0 unspecified atom stereocenters. The Labute approximate surface area is 127 Å². The third-order valence-corrected chi connectivity index (χ3v) is 3.67. The molecular formula is C15H19N5O2. The summed E-state index contributed by atoms with van der Waals surface area (Å²) in [5.74, 6) is -0.0964. The third kappa shape index (κ3) is 2.66. The number of amides is 1. The summed E-state index contributed by atoms with van der Waals surface area (Å²) in [5.41, 5.74) is 0.606. The average Bonchev–Trinajstić information content (AvgIpc) is 3.17. The number of nitrogens with one attached hydrogen (secondary N) is 2. The predicted octanol–water partition coefficient (Wildman–Crippen LogP) is 1.85. The molecule has 0 saturated heterocycles. The number of carbonyl (C=O) groups is 1. The highest BCUT2D eigenvalue weighted by atomic mass is 16.2. The van der Waals surface area contributed by atoms with Gasteiger partial charge in [-0.15, -0.1) is 0 Å². The van der Waals surface area contributed by atoms with Gasteiger partial charge in [-0.05, 0) is 45.7 Å². The van der Waals surface area contributed by atoms with Gasteiger partial charge >= 0.3 is 0 Å². The van der Waals surface area contributed by atoms with Crippen molar-refractivity contribution in [3.05, 3.63) is 40.1 Å². The van der Waals surface area contributed by atoms with Crippen LogP contribution in [-0.4, -0.2) is 25.9 Å². The van der Waals surface area contributed by atoms with Crippen LogP contribution in [0.3, 0.4) is 0 Å². The van der Waals surface area contributed by atoms with E-state index in [9.17, 15) is 9.59 Å². The molecule has 0 spiro atoms. The second-order valence-corrected chi connectivity index (χ2v) is 6.55. The molecule has 0 bridgehead atoms. The number of rotatable bonds is 3. The number of aromatic nitrogens is 4. The number of hydrogen-bond donors (Lipinski definition) is 2. The average molecular weight is 301 g/mol. The van der Waals surface area contributed by atoms with Gasteiger partial charge in [-0.3, -0.25) is 9.59 Å². The highest BCUT2D eigenvalue weighted by Crippen LogP contribution is 2.39. The van der Waals surface area contributed by atoms with Gasteiger partial charge in [0, 0.05) is 17.7 Å². The van der Waals surface area contributed by atoms with E-state index in [-0.39, 0.29) is 22.5 Å². The van der Waals surface area contributed by atoms with Crippen LogP contribution in [0, 0.1) is 0 Å². The molecule has 0 radical (unpaired) electrons. The van der Waals surface area contributed by atoms with Crippen LogP contribution in [0.4, 0.5) is 5.69 Å². The summed E-state index contributed by atoms with van der Waals surface area (Å²) in [7, 11) is 0. The number of aromatic amines is 1. The van der Waals surface area contributed by atoms with Crippen LogP contribution >= 0.6 is 0 Å². The second kappa shape index (κ2) is 5.08. The summed E-state index contributed by atoms with van der Waals surface area (Å²) in [5, 5.41) is 13.1. The van der Waals surface area contributed by atoms with Gasteiger partial charge in [-0.1, -0.05) is 0 Å². The normalized spacial score (nSPS) is 14.9. The molecule has 1 aliphatic carbocycles. The molecule has 1 amide bonds. The van der Waals surface area contributed by atoms with E-state index < -0.39 is 5.91 Å². The highest BCUT2D eigenvalue weighted by molar-refractivity contribution is 6.03. The van der Waals surface area contributed by atoms with E-state index >= 15 is 0 Å². The van der Waals surface area contributed by atoms with E-state index in [0.717, 1.165) is 12.8 Å². The Hall–Kier alpha value is -2.44. The summed E-state index contributed by atoms with van der Waals surface area (Å²) < 4.78 is 1.59. The first-order valence-electron chi connectivity index (χ1n) is 7.32. The van der Waals surface area contributed by atoms with Crippen LogP contribution in [0.15, 0.2) is 23.1 Å². The van der Waals surface area contributed by atoms with Crippen molar-refractivity contribution in [3.8, 4) is 0 Å². The molecule has 0 aromatic carbocycles. The van der Waals surface area contributed by atoms with Crippen LogP contribution in [0.25, 0.3) is 0 Å².